The van der Waals surface area contributed by atoms with Crippen molar-refractivity contribution in [2.24, 2.45) is 0 Å². The molecular weight excluding hydrogens is 164 g/mol. The minimum absolute atomic E-state index is 0.815. The molecule has 0 atom stereocenters. The van der Waals surface area contributed by atoms with Crippen LogP contribution in [0.2, 0.25) is 0 Å². The minimum atomic E-state index is 0.815. The van der Waals surface area contributed by atoms with E-state index in [1.54, 1.807) is 0 Å². The Bertz CT molecular complexity index is 268. The summed E-state index contributed by atoms with van der Waals surface area (Å²) in [5.74, 6) is 1.92. The van der Waals surface area contributed by atoms with Gasteiger partial charge in [-0.2, -0.15) is 0 Å². The van der Waals surface area contributed by atoms with Gasteiger partial charge in [-0.3, -0.25) is 0 Å². The molecule has 0 aromatic carbocycles. The van der Waals surface area contributed by atoms with Gasteiger partial charge in [-0.15, -0.1) is 0 Å². The fraction of sp³-hybridized carbons (Fsp3) is 0.700. The van der Waals surface area contributed by atoms with Gasteiger partial charge in [-0.1, -0.05) is 6.92 Å². The van der Waals surface area contributed by atoms with Crippen LogP contribution in [-0.4, -0.2) is 29.5 Å². The van der Waals surface area contributed by atoms with Crippen LogP contribution < -0.4 is 0 Å². The van der Waals surface area contributed by atoms with Crippen LogP contribution in [-0.2, 0) is 12.8 Å². The third kappa shape index (κ3) is 1.75. The molecule has 1 aliphatic rings. The largest absolute Gasteiger partial charge is 0.446 e. The number of aryl methyl sites for hydroxylation is 1. The predicted octanol–water partition coefficient (Wildman–Crippen LogP) is 1.40. The van der Waals surface area contributed by atoms with E-state index in [2.05, 4.69) is 16.8 Å². The van der Waals surface area contributed by atoms with Crippen molar-refractivity contribution < 1.29 is 4.42 Å². The van der Waals surface area contributed by atoms with Crippen molar-refractivity contribution in [3.05, 3.63) is 17.3 Å². The molecule has 13 heavy (non-hydrogen) atoms. The van der Waals surface area contributed by atoms with E-state index in [4.69, 9.17) is 4.42 Å². The molecule has 0 saturated carbocycles. The van der Waals surface area contributed by atoms with Crippen LogP contribution in [0.5, 0.6) is 0 Å². The summed E-state index contributed by atoms with van der Waals surface area (Å²) < 4.78 is 5.54. The summed E-state index contributed by atoms with van der Waals surface area (Å²) in [7, 11) is 0. The van der Waals surface area contributed by atoms with Crippen LogP contribution in [0.4, 0.5) is 0 Å². The molecule has 1 aromatic heterocycles. The third-order valence-corrected chi connectivity index (χ3v) is 2.65. The molecule has 0 bridgehead atoms. The first-order valence-corrected chi connectivity index (χ1v) is 4.97. The molecule has 0 radical (unpaired) electrons. The number of fused-ring (bicyclic) bond motifs is 1. The normalized spacial score (nSPS) is 18.3. The lowest BCUT2D eigenvalue weighted by molar-refractivity contribution is 0.296. The molecule has 0 unspecified atom stereocenters. The Balaban J connectivity index is 2.14. The molecule has 0 aliphatic carbocycles. The van der Waals surface area contributed by atoms with Gasteiger partial charge in [0.15, 0.2) is 5.89 Å². The molecule has 2 heterocycles. The minimum Gasteiger partial charge on any atom is -0.446 e. The number of nitrogens with zero attached hydrogens (tertiary/aromatic N) is 2. The highest BCUT2D eigenvalue weighted by Gasteiger charge is 2.17. The van der Waals surface area contributed by atoms with Crippen molar-refractivity contribution in [2.45, 2.75) is 26.7 Å². The van der Waals surface area contributed by atoms with Crippen LogP contribution in [0.15, 0.2) is 4.42 Å². The summed E-state index contributed by atoms with van der Waals surface area (Å²) in [6.07, 6.45) is 2.06. The summed E-state index contributed by atoms with van der Waals surface area (Å²) in [5, 5.41) is 0. The average molecular weight is 180 g/mol. The Hall–Kier alpha value is -0.830. The summed E-state index contributed by atoms with van der Waals surface area (Å²) in [4.78, 5) is 6.82. The first-order valence-electron chi connectivity index (χ1n) is 4.97. The van der Waals surface area contributed by atoms with E-state index in [1.807, 2.05) is 6.92 Å². The highest BCUT2D eigenvalue weighted by molar-refractivity contribution is 5.12. The smallest absolute Gasteiger partial charge is 0.191 e. The Morgan fingerprint density at radius 2 is 2.15 bits per heavy atom. The van der Waals surface area contributed by atoms with Crippen LogP contribution in [0, 0.1) is 6.92 Å². The monoisotopic (exact) mass is 180 g/mol. The first kappa shape index (κ1) is 8.75. The van der Waals surface area contributed by atoms with Gasteiger partial charge < -0.3 is 9.32 Å². The molecule has 0 N–H and O–H groups in total. The zero-order valence-electron chi connectivity index (χ0n) is 8.34. The van der Waals surface area contributed by atoms with E-state index >= 15 is 0 Å². The number of rotatable bonds is 1. The molecule has 0 fully saturated rings. The maximum atomic E-state index is 5.54. The predicted molar refractivity (Wildman–Crippen MR) is 50.8 cm³/mol. The average Bonchev–Trinajstić information content (AvgIpc) is 2.37. The van der Waals surface area contributed by atoms with Gasteiger partial charge in [0.05, 0.1) is 5.69 Å². The zero-order valence-corrected chi connectivity index (χ0v) is 8.34. The molecule has 0 amide bonds. The molecule has 1 aliphatic heterocycles. The fourth-order valence-corrected chi connectivity index (χ4v) is 1.85. The quantitative estimate of drug-likeness (QED) is 0.654. The van der Waals surface area contributed by atoms with Gasteiger partial charge >= 0.3 is 0 Å². The number of aromatic nitrogens is 1. The molecule has 72 valence electrons. The van der Waals surface area contributed by atoms with Crippen LogP contribution in [0.1, 0.15) is 24.3 Å². The van der Waals surface area contributed by atoms with Crippen molar-refractivity contribution in [1.82, 2.24) is 9.88 Å². The summed E-state index contributed by atoms with van der Waals surface area (Å²) >= 11 is 0. The highest BCUT2D eigenvalue weighted by Crippen LogP contribution is 2.16. The Labute approximate surface area is 78.8 Å². The highest BCUT2D eigenvalue weighted by atomic mass is 16.4. The maximum Gasteiger partial charge on any atom is 0.191 e. The Morgan fingerprint density at radius 1 is 1.38 bits per heavy atom. The lowest BCUT2D eigenvalue weighted by Crippen LogP contribution is -2.25. The van der Waals surface area contributed by atoms with Crippen molar-refractivity contribution >= 4 is 0 Å². The molecule has 2 rings (SSSR count). The second-order valence-corrected chi connectivity index (χ2v) is 3.54. The summed E-state index contributed by atoms with van der Waals surface area (Å²) in [5.41, 5.74) is 1.17. The molecule has 3 nitrogen and oxygen atoms in total. The topological polar surface area (TPSA) is 29.3 Å². The van der Waals surface area contributed by atoms with E-state index in [9.17, 15) is 0 Å². The van der Waals surface area contributed by atoms with E-state index in [0.717, 1.165) is 44.1 Å². The van der Waals surface area contributed by atoms with Crippen molar-refractivity contribution in [1.29, 1.82) is 0 Å². The van der Waals surface area contributed by atoms with Gasteiger partial charge in [0.2, 0.25) is 0 Å². The van der Waals surface area contributed by atoms with Crippen LogP contribution >= 0.6 is 0 Å². The number of hydrogen-bond donors (Lipinski definition) is 0. The Kier molecular flexibility index (Phi) is 2.36. The fourth-order valence-electron chi connectivity index (χ4n) is 1.85. The maximum absolute atomic E-state index is 5.54. The Morgan fingerprint density at radius 3 is 2.92 bits per heavy atom. The van der Waals surface area contributed by atoms with Crippen LogP contribution in [0.3, 0.4) is 0 Å². The number of likely N-dealkylation sites (N-methyl/N-ethyl adjacent to an activating group) is 1. The van der Waals surface area contributed by atoms with E-state index in [1.165, 1.54) is 5.69 Å². The summed E-state index contributed by atoms with van der Waals surface area (Å²) in [6.45, 7) is 7.48. The number of hydrogen-bond acceptors (Lipinski definition) is 3. The van der Waals surface area contributed by atoms with E-state index in [-0.39, 0.29) is 0 Å². The second kappa shape index (κ2) is 3.50. The van der Waals surface area contributed by atoms with E-state index < -0.39 is 0 Å². The van der Waals surface area contributed by atoms with Crippen molar-refractivity contribution in [2.75, 3.05) is 19.6 Å². The zero-order chi connectivity index (χ0) is 9.26. The molecule has 0 saturated heterocycles. The molecule has 1 aromatic rings. The lowest BCUT2D eigenvalue weighted by atomic mass is 10.2. The van der Waals surface area contributed by atoms with Crippen LogP contribution in [0.25, 0.3) is 0 Å². The van der Waals surface area contributed by atoms with Gasteiger partial charge in [-0.05, 0) is 6.54 Å². The van der Waals surface area contributed by atoms with Gasteiger partial charge in [0.25, 0.3) is 0 Å². The SMILES string of the molecule is CCN1CCc2nc(C)oc2CC1. The standard InChI is InChI=1S/C10H16N2O/c1-3-12-6-4-9-10(5-7-12)13-8(2)11-9/h3-7H2,1-2H3. The van der Waals surface area contributed by atoms with Gasteiger partial charge in [-0.25, -0.2) is 4.98 Å². The second-order valence-electron chi connectivity index (χ2n) is 3.54. The molecular formula is C10H16N2O. The summed E-state index contributed by atoms with van der Waals surface area (Å²) in [6, 6.07) is 0. The third-order valence-electron chi connectivity index (χ3n) is 2.65. The molecule has 3 heteroatoms. The van der Waals surface area contributed by atoms with Crippen molar-refractivity contribution in [3.8, 4) is 0 Å². The number of oxazole rings is 1. The van der Waals surface area contributed by atoms with Gasteiger partial charge in [0, 0.05) is 32.9 Å². The van der Waals surface area contributed by atoms with Crippen molar-refractivity contribution in [3.63, 3.8) is 0 Å². The van der Waals surface area contributed by atoms with Gasteiger partial charge in [0.1, 0.15) is 5.76 Å². The van der Waals surface area contributed by atoms with E-state index in [0.29, 0.717) is 0 Å². The molecule has 0 spiro atoms. The first-order chi connectivity index (χ1) is 6.29. The lowest BCUT2D eigenvalue weighted by Gasteiger charge is -2.15.